The maximum atomic E-state index is 6.03. The van der Waals surface area contributed by atoms with Gasteiger partial charge in [0.05, 0.1) is 11.9 Å². The van der Waals surface area contributed by atoms with Crippen LogP contribution in [-0.4, -0.2) is 19.5 Å². The van der Waals surface area contributed by atoms with Gasteiger partial charge >= 0.3 is 0 Å². The fraction of sp³-hybridized carbons (Fsp3) is 0.214. The number of hydrogen-bond donors (Lipinski definition) is 1. The smallest absolute Gasteiger partial charge is 0.160 e. The quantitative estimate of drug-likeness (QED) is 0.759. The van der Waals surface area contributed by atoms with Crippen LogP contribution < -0.4 is 5.73 Å². The van der Waals surface area contributed by atoms with Crippen LogP contribution in [-0.2, 0) is 0 Å². The topological polar surface area (TPSA) is 69.6 Å². The van der Waals surface area contributed by atoms with Crippen LogP contribution in [0, 0.1) is 0 Å². The van der Waals surface area contributed by atoms with Crippen LogP contribution in [0.3, 0.4) is 0 Å². The summed E-state index contributed by atoms with van der Waals surface area (Å²) in [5.41, 5.74) is 9.47. The summed E-state index contributed by atoms with van der Waals surface area (Å²) in [7, 11) is 0. The molecule has 0 unspecified atom stereocenters. The third-order valence-corrected chi connectivity index (χ3v) is 3.45. The number of fused-ring (bicyclic) bond motifs is 1. The van der Waals surface area contributed by atoms with Crippen LogP contribution in [0.25, 0.3) is 22.6 Å². The summed E-state index contributed by atoms with van der Waals surface area (Å²) in [6.45, 7) is 0. The summed E-state index contributed by atoms with van der Waals surface area (Å²) < 4.78 is 2.21. The summed E-state index contributed by atoms with van der Waals surface area (Å²) in [4.78, 5) is 13.2. The van der Waals surface area contributed by atoms with Gasteiger partial charge in [-0.15, -0.1) is 0 Å². The predicted octanol–water partition coefficient (Wildman–Crippen LogP) is 2.41. The van der Waals surface area contributed by atoms with Crippen molar-refractivity contribution < 1.29 is 0 Å². The number of aromatic nitrogens is 4. The molecular weight excluding hydrogens is 238 g/mol. The molecule has 1 fully saturated rings. The lowest BCUT2D eigenvalue weighted by Gasteiger charge is -2.08. The van der Waals surface area contributed by atoms with E-state index < -0.39 is 0 Å². The van der Waals surface area contributed by atoms with E-state index in [9.17, 15) is 0 Å². The van der Waals surface area contributed by atoms with Gasteiger partial charge in [-0.05, 0) is 31.0 Å². The number of rotatable bonds is 2. The van der Waals surface area contributed by atoms with Crippen molar-refractivity contribution >= 4 is 16.9 Å². The molecule has 0 atom stereocenters. The molecule has 19 heavy (non-hydrogen) atoms. The van der Waals surface area contributed by atoms with E-state index in [4.69, 9.17) is 10.7 Å². The molecule has 1 aliphatic carbocycles. The highest BCUT2D eigenvalue weighted by Crippen LogP contribution is 2.41. The summed E-state index contributed by atoms with van der Waals surface area (Å²) in [5.74, 6) is 0.899. The van der Waals surface area contributed by atoms with Crippen molar-refractivity contribution in [3.05, 3.63) is 36.8 Å². The van der Waals surface area contributed by atoms with Gasteiger partial charge in [0.1, 0.15) is 11.3 Å². The molecule has 3 aromatic rings. The lowest BCUT2D eigenvalue weighted by molar-refractivity contribution is 0.766. The third-order valence-electron chi connectivity index (χ3n) is 3.45. The monoisotopic (exact) mass is 251 g/mol. The van der Waals surface area contributed by atoms with Crippen LogP contribution in [0.15, 0.2) is 36.8 Å². The van der Waals surface area contributed by atoms with Crippen LogP contribution in [0.5, 0.6) is 0 Å². The first-order valence-electron chi connectivity index (χ1n) is 6.37. The number of pyridine rings is 2. The molecule has 0 aromatic carbocycles. The summed E-state index contributed by atoms with van der Waals surface area (Å²) in [6.07, 6.45) is 7.58. The second kappa shape index (κ2) is 3.78. The molecule has 5 nitrogen and oxygen atoms in total. The number of hydrogen-bond acceptors (Lipinski definition) is 4. The lowest BCUT2D eigenvalue weighted by Crippen LogP contribution is -2.01. The molecule has 1 aliphatic rings. The minimum Gasteiger partial charge on any atom is -0.397 e. The number of anilines is 1. The largest absolute Gasteiger partial charge is 0.397 e. The maximum Gasteiger partial charge on any atom is 0.160 e. The van der Waals surface area contributed by atoms with Gasteiger partial charge in [-0.1, -0.05) is 0 Å². The molecule has 3 aromatic heterocycles. The number of nitrogens with zero attached hydrogens (tertiary/aromatic N) is 4. The van der Waals surface area contributed by atoms with Crippen LogP contribution >= 0.6 is 0 Å². The molecule has 94 valence electrons. The fourth-order valence-corrected chi connectivity index (χ4v) is 2.41. The van der Waals surface area contributed by atoms with E-state index in [2.05, 4.69) is 14.5 Å². The zero-order valence-electron chi connectivity index (χ0n) is 10.3. The molecule has 0 bridgehead atoms. The first-order chi connectivity index (χ1) is 9.34. The normalized spacial score (nSPS) is 14.9. The van der Waals surface area contributed by atoms with Crippen LogP contribution in [0.1, 0.15) is 18.9 Å². The molecule has 0 saturated heterocycles. The van der Waals surface area contributed by atoms with Gasteiger partial charge in [-0.2, -0.15) is 0 Å². The summed E-state index contributed by atoms with van der Waals surface area (Å²) in [5, 5.41) is 0. The van der Waals surface area contributed by atoms with Crippen molar-refractivity contribution in [3.63, 3.8) is 0 Å². The van der Waals surface area contributed by atoms with Gasteiger partial charge in [0.2, 0.25) is 0 Å². The summed E-state index contributed by atoms with van der Waals surface area (Å²) >= 11 is 0. The Balaban J connectivity index is 2.04. The van der Waals surface area contributed by atoms with Crippen molar-refractivity contribution in [1.82, 2.24) is 19.5 Å². The number of imidazole rings is 1. The van der Waals surface area contributed by atoms with E-state index >= 15 is 0 Å². The minimum absolute atomic E-state index is 0.502. The average Bonchev–Trinajstić information content (AvgIpc) is 3.19. The average molecular weight is 251 g/mol. The summed E-state index contributed by atoms with van der Waals surface area (Å²) in [6, 6.07) is 6.31. The second-order valence-electron chi connectivity index (χ2n) is 4.85. The Morgan fingerprint density at radius 1 is 1.21 bits per heavy atom. The van der Waals surface area contributed by atoms with Gasteiger partial charge in [-0.25, -0.2) is 9.97 Å². The van der Waals surface area contributed by atoms with Gasteiger partial charge in [0, 0.05) is 24.0 Å². The Morgan fingerprint density at radius 3 is 2.89 bits per heavy atom. The van der Waals surface area contributed by atoms with Crippen LogP contribution in [0.2, 0.25) is 0 Å². The Hall–Kier alpha value is -2.43. The standard InChI is InChI=1S/C14H13N5/c15-11-8-16-7-5-10(11)13-18-12-2-1-6-17-14(12)19(13)9-3-4-9/h1-2,5-9H,3-4,15H2. The van der Waals surface area contributed by atoms with Crippen molar-refractivity contribution in [2.45, 2.75) is 18.9 Å². The molecule has 0 amide bonds. The zero-order chi connectivity index (χ0) is 12.8. The predicted molar refractivity (Wildman–Crippen MR) is 73.4 cm³/mol. The van der Waals surface area contributed by atoms with Gasteiger partial charge in [0.25, 0.3) is 0 Å². The van der Waals surface area contributed by atoms with Crippen molar-refractivity contribution in [1.29, 1.82) is 0 Å². The molecule has 1 saturated carbocycles. The van der Waals surface area contributed by atoms with Crippen LogP contribution in [0.4, 0.5) is 5.69 Å². The maximum absolute atomic E-state index is 6.03. The Kier molecular flexibility index (Phi) is 2.09. The molecule has 0 radical (unpaired) electrons. The van der Waals surface area contributed by atoms with Crippen molar-refractivity contribution in [2.24, 2.45) is 0 Å². The second-order valence-corrected chi connectivity index (χ2v) is 4.85. The van der Waals surface area contributed by atoms with Crippen molar-refractivity contribution in [3.8, 4) is 11.4 Å². The number of nitrogens with two attached hydrogens (primary N) is 1. The van der Waals surface area contributed by atoms with E-state index in [1.807, 2.05) is 24.4 Å². The Morgan fingerprint density at radius 2 is 2.11 bits per heavy atom. The molecule has 4 rings (SSSR count). The minimum atomic E-state index is 0.502. The van der Waals surface area contributed by atoms with E-state index in [0.29, 0.717) is 11.7 Å². The van der Waals surface area contributed by atoms with E-state index in [1.54, 1.807) is 12.4 Å². The highest BCUT2D eigenvalue weighted by molar-refractivity contribution is 5.81. The highest BCUT2D eigenvalue weighted by Gasteiger charge is 2.29. The molecule has 2 N–H and O–H groups in total. The zero-order valence-corrected chi connectivity index (χ0v) is 10.3. The fourth-order valence-electron chi connectivity index (χ4n) is 2.41. The molecule has 0 spiro atoms. The SMILES string of the molecule is Nc1cnccc1-c1nc2cccnc2n1C1CC1. The van der Waals surface area contributed by atoms with E-state index in [0.717, 1.165) is 22.6 Å². The first kappa shape index (κ1) is 10.5. The Labute approximate surface area is 110 Å². The molecule has 0 aliphatic heterocycles. The van der Waals surface area contributed by atoms with Crippen molar-refractivity contribution in [2.75, 3.05) is 5.73 Å². The van der Waals surface area contributed by atoms with E-state index in [1.165, 1.54) is 12.8 Å². The Bertz CT molecular complexity index is 757. The van der Waals surface area contributed by atoms with Gasteiger partial charge in [0.15, 0.2) is 5.65 Å². The first-order valence-corrected chi connectivity index (χ1v) is 6.37. The lowest BCUT2D eigenvalue weighted by atomic mass is 10.2. The molecular formula is C14H13N5. The number of nitrogen functional groups attached to an aromatic ring is 1. The van der Waals surface area contributed by atoms with Gasteiger partial charge < -0.3 is 10.3 Å². The van der Waals surface area contributed by atoms with Gasteiger partial charge in [-0.3, -0.25) is 4.98 Å². The third kappa shape index (κ3) is 1.58. The molecule has 5 heteroatoms. The molecule has 3 heterocycles. The highest BCUT2D eigenvalue weighted by atomic mass is 15.2. The van der Waals surface area contributed by atoms with E-state index in [-0.39, 0.29) is 0 Å².